The number of hydrogen-bond donors (Lipinski definition) is 1. The second-order valence-corrected chi connectivity index (χ2v) is 6.08. The summed E-state index contributed by atoms with van der Waals surface area (Å²) in [5, 5.41) is 7.90. The van der Waals surface area contributed by atoms with E-state index in [0.717, 1.165) is 30.8 Å². The van der Waals surface area contributed by atoms with Crippen molar-refractivity contribution in [2.45, 2.75) is 52.0 Å². The normalized spacial score (nSPS) is 24.7. The summed E-state index contributed by atoms with van der Waals surface area (Å²) in [6.45, 7) is 5.81. The van der Waals surface area contributed by atoms with Gasteiger partial charge in [-0.15, -0.1) is 0 Å². The Morgan fingerprint density at radius 1 is 1.33 bits per heavy atom. The van der Waals surface area contributed by atoms with E-state index in [0.29, 0.717) is 0 Å². The molecule has 1 aromatic rings. The molecule has 0 unspecified atom stereocenters. The molecule has 0 saturated heterocycles. The first kappa shape index (κ1) is 13.6. The van der Waals surface area contributed by atoms with Crippen LogP contribution in [0.4, 0.5) is 0 Å². The molecule has 0 aliphatic heterocycles. The highest BCUT2D eigenvalue weighted by molar-refractivity contribution is 5.03. The molecule has 0 amide bonds. The van der Waals surface area contributed by atoms with E-state index in [-0.39, 0.29) is 0 Å². The van der Waals surface area contributed by atoms with Gasteiger partial charge in [-0.05, 0) is 56.0 Å². The Balaban J connectivity index is 1.63. The SMILES string of the molecule is CC(C)C1CCC(NCCc2cnn(C)c2)CC1. The van der Waals surface area contributed by atoms with Gasteiger partial charge < -0.3 is 5.32 Å². The molecule has 0 atom stereocenters. The van der Waals surface area contributed by atoms with Crippen LogP contribution in [0.1, 0.15) is 45.1 Å². The van der Waals surface area contributed by atoms with Crippen molar-refractivity contribution >= 4 is 0 Å². The fraction of sp³-hybridized carbons (Fsp3) is 0.800. The molecule has 3 heteroatoms. The second kappa shape index (κ2) is 6.37. The molecule has 0 bridgehead atoms. The molecule has 1 fully saturated rings. The molecule has 0 spiro atoms. The third-order valence-electron chi connectivity index (χ3n) is 4.32. The summed E-state index contributed by atoms with van der Waals surface area (Å²) in [4.78, 5) is 0. The first-order chi connectivity index (χ1) is 8.65. The highest BCUT2D eigenvalue weighted by atomic mass is 15.2. The number of hydrogen-bond acceptors (Lipinski definition) is 2. The molecule has 1 saturated carbocycles. The van der Waals surface area contributed by atoms with E-state index in [4.69, 9.17) is 0 Å². The van der Waals surface area contributed by atoms with Crippen molar-refractivity contribution in [1.29, 1.82) is 0 Å². The topological polar surface area (TPSA) is 29.9 Å². The van der Waals surface area contributed by atoms with E-state index in [1.54, 1.807) is 0 Å². The van der Waals surface area contributed by atoms with Crippen molar-refractivity contribution in [2.75, 3.05) is 6.54 Å². The molecule has 2 rings (SSSR count). The average molecular weight is 249 g/mol. The van der Waals surface area contributed by atoms with Gasteiger partial charge >= 0.3 is 0 Å². The lowest BCUT2D eigenvalue weighted by Crippen LogP contribution is -2.35. The summed E-state index contributed by atoms with van der Waals surface area (Å²) in [6, 6.07) is 0.747. The van der Waals surface area contributed by atoms with Crippen LogP contribution in [-0.4, -0.2) is 22.4 Å². The van der Waals surface area contributed by atoms with Crippen molar-refractivity contribution in [3.8, 4) is 0 Å². The maximum Gasteiger partial charge on any atom is 0.0522 e. The largest absolute Gasteiger partial charge is 0.314 e. The number of nitrogens with zero attached hydrogens (tertiary/aromatic N) is 2. The van der Waals surface area contributed by atoms with Gasteiger partial charge in [0.25, 0.3) is 0 Å². The number of aryl methyl sites for hydroxylation is 1. The fourth-order valence-corrected chi connectivity index (χ4v) is 3.01. The maximum absolute atomic E-state index is 4.20. The maximum atomic E-state index is 4.20. The molecule has 1 aliphatic rings. The summed E-state index contributed by atoms with van der Waals surface area (Å²) < 4.78 is 1.88. The number of rotatable bonds is 5. The van der Waals surface area contributed by atoms with Gasteiger partial charge in [0.15, 0.2) is 0 Å². The zero-order valence-corrected chi connectivity index (χ0v) is 12.0. The highest BCUT2D eigenvalue weighted by Crippen LogP contribution is 2.29. The van der Waals surface area contributed by atoms with Crippen LogP contribution >= 0.6 is 0 Å². The molecule has 3 nitrogen and oxygen atoms in total. The fourth-order valence-electron chi connectivity index (χ4n) is 3.01. The number of nitrogens with one attached hydrogen (secondary N) is 1. The predicted molar refractivity (Wildman–Crippen MR) is 75.5 cm³/mol. The Kier molecular flexibility index (Phi) is 4.81. The average Bonchev–Trinajstić information content (AvgIpc) is 2.76. The molecule has 0 radical (unpaired) electrons. The van der Waals surface area contributed by atoms with Crippen molar-refractivity contribution in [3.05, 3.63) is 18.0 Å². The van der Waals surface area contributed by atoms with Crippen molar-refractivity contribution in [3.63, 3.8) is 0 Å². The molecule has 18 heavy (non-hydrogen) atoms. The summed E-state index contributed by atoms with van der Waals surface area (Å²) in [5.74, 6) is 1.82. The monoisotopic (exact) mass is 249 g/mol. The molecule has 1 heterocycles. The van der Waals surface area contributed by atoms with Gasteiger partial charge in [-0.25, -0.2) is 0 Å². The smallest absolute Gasteiger partial charge is 0.0522 e. The van der Waals surface area contributed by atoms with Gasteiger partial charge in [0.05, 0.1) is 6.20 Å². The van der Waals surface area contributed by atoms with Gasteiger partial charge in [0.1, 0.15) is 0 Å². The summed E-state index contributed by atoms with van der Waals surface area (Å²) in [5.41, 5.74) is 1.33. The zero-order valence-electron chi connectivity index (χ0n) is 12.0. The van der Waals surface area contributed by atoms with Crippen LogP contribution in [0, 0.1) is 11.8 Å². The molecule has 102 valence electrons. The van der Waals surface area contributed by atoms with E-state index >= 15 is 0 Å². The molecule has 0 aromatic carbocycles. The lowest BCUT2D eigenvalue weighted by molar-refractivity contribution is 0.239. The number of aromatic nitrogens is 2. The Morgan fingerprint density at radius 2 is 2.06 bits per heavy atom. The van der Waals surface area contributed by atoms with Crippen LogP contribution < -0.4 is 5.32 Å². The first-order valence-corrected chi connectivity index (χ1v) is 7.36. The van der Waals surface area contributed by atoms with Crippen LogP contribution in [0.5, 0.6) is 0 Å². The van der Waals surface area contributed by atoms with Crippen LogP contribution in [0.2, 0.25) is 0 Å². The summed E-state index contributed by atoms with van der Waals surface area (Å²) >= 11 is 0. The van der Waals surface area contributed by atoms with Gasteiger partial charge in [-0.2, -0.15) is 5.10 Å². The third kappa shape index (κ3) is 3.84. The molecule has 1 aliphatic carbocycles. The lowest BCUT2D eigenvalue weighted by Gasteiger charge is -2.31. The van der Waals surface area contributed by atoms with Gasteiger partial charge in [0, 0.05) is 19.3 Å². The Morgan fingerprint density at radius 3 is 2.61 bits per heavy atom. The van der Waals surface area contributed by atoms with E-state index in [1.807, 2.05) is 17.9 Å². The summed E-state index contributed by atoms with van der Waals surface area (Å²) in [7, 11) is 1.98. The highest BCUT2D eigenvalue weighted by Gasteiger charge is 2.22. The molecular weight excluding hydrogens is 222 g/mol. The molecule has 1 aromatic heterocycles. The van der Waals surface area contributed by atoms with Gasteiger partial charge in [-0.1, -0.05) is 13.8 Å². The van der Waals surface area contributed by atoms with Crippen molar-refractivity contribution in [2.24, 2.45) is 18.9 Å². The second-order valence-electron chi connectivity index (χ2n) is 6.08. The van der Waals surface area contributed by atoms with Crippen LogP contribution in [0.15, 0.2) is 12.4 Å². The minimum atomic E-state index is 0.747. The van der Waals surface area contributed by atoms with E-state index in [9.17, 15) is 0 Å². The van der Waals surface area contributed by atoms with Crippen molar-refractivity contribution in [1.82, 2.24) is 15.1 Å². The minimum Gasteiger partial charge on any atom is -0.314 e. The van der Waals surface area contributed by atoms with Gasteiger partial charge in [-0.3, -0.25) is 4.68 Å². The zero-order chi connectivity index (χ0) is 13.0. The third-order valence-corrected chi connectivity index (χ3v) is 4.32. The minimum absolute atomic E-state index is 0.747. The van der Waals surface area contributed by atoms with Crippen LogP contribution in [0.25, 0.3) is 0 Å². The first-order valence-electron chi connectivity index (χ1n) is 7.36. The summed E-state index contributed by atoms with van der Waals surface area (Å²) in [6.07, 6.45) is 10.7. The standard InChI is InChI=1S/C15H27N3/c1-12(2)14-4-6-15(7-5-14)16-9-8-13-10-17-18(3)11-13/h10-12,14-16H,4-9H2,1-3H3. The molecular formula is C15H27N3. The van der Waals surface area contributed by atoms with Crippen molar-refractivity contribution < 1.29 is 0 Å². The lowest BCUT2D eigenvalue weighted by atomic mass is 9.80. The predicted octanol–water partition coefficient (Wildman–Crippen LogP) is 2.77. The van der Waals surface area contributed by atoms with E-state index in [1.165, 1.54) is 31.2 Å². The van der Waals surface area contributed by atoms with Crippen LogP contribution in [0.3, 0.4) is 0 Å². The van der Waals surface area contributed by atoms with E-state index in [2.05, 4.69) is 30.5 Å². The van der Waals surface area contributed by atoms with Crippen LogP contribution in [-0.2, 0) is 13.5 Å². The van der Waals surface area contributed by atoms with Gasteiger partial charge in [0.2, 0.25) is 0 Å². The molecule has 1 N–H and O–H groups in total. The van der Waals surface area contributed by atoms with E-state index < -0.39 is 0 Å². The Bertz CT molecular complexity index is 348. The quantitative estimate of drug-likeness (QED) is 0.869. The Labute approximate surface area is 111 Å². The Hall–Kier alpha value is -0.830.